The van der Waals surface area contributed by atoms with E-state index in [1.807, 2.05) is 36.9 Å². The largest absolute Gasteiger partial charge is 0.454 e. The minimum absolute atomic E-state index is 0.00543. The highest BCUT2D eigenvalue weighted by Gasteiger charge is 2.27. The Morgan fingerprint density at radius 3 is 2.44 bits per heavy atom. The first kappa shape index (κ1) is 22.1. The first-order valence-electron chi connectivity index (χ1n) is 10.7. The molecule has 0 atom stereocenters. The number of hydrogen-bond donors (Lipinski definition) is 1. The molecule has 2 aliphatic rings. The van der Waals surface area contributed by atoms with Crippen molar-refractivity contribution in [1.29, 1.82) is 0 Å². The topological polar surface area (TPSA) is 71.1 Å². The Balaban J connectivity index is 1.31. The first-order chi connectivity index (χ1) is 15.2. The van der Waals surface area contributed by atoms with E-state index in [9.17, 15) is 14.0 Å². The Hall–Kier alpha value is -3.13. The molecule has 0 unspecified atom stereocenters. The van der Waals surface area contributed by atoms with Gasteiger partial charge in [-0.2, -0.15) is 0 Å². The van der Waals surface area contributed by atoms with E-state index in [4.69, 9.17) is 9.47 Å². The maximum absolute atomic E-state index is 14.4. The van der Waals surface area contributed by atoms with Gasteiger partial charge in [0.25, 0.3) is 0 Å². The second kappa shape index (κ2) is 8.78. The molecule has 0 bridgehead atoms. The fraction of sp³-hybridized carbons (Fsp3) is 0.417. The fourth-order valence-corrected chi connectivity index (χ4v) is 3.97. The zero-order chi connectivity index (χ0) is 22.9. The van der Waals surface area contributed by atoms with Gasteiger partial charge in [-0.3, -0.25) is 14.9 Å². The number of Topliss-reactive ketones (excluding diaryl/α,β-unsaturated/α-hetero) is 1. The van der Waals surface area contributed by atoms with Crippen molar-refractivity contribution in [3.8, 4) is 11.5 Å². The van der Waals surface area contributed by atoms with Crippen LogP contribution in [-0.4, -0.2) is 56.1 Å². The molecule has 1 N–H and O–H groups in total. The standard InChI is InChI=1S/C24H28FN3O4/c1-16(29)17-4-6-20(19(25)12-17)27-8-10-28(11-9-27)23(30)14-26-24(2,3)18-5-7-21-22(13-18)32-15-31-21/h4-7,12-13,26H,8-11,14-15H2,1-3H3. The van der Waals surface area contributed by atoms with Gasteiger partial charge in [0.1, 0.15) is 5.82 Å². The molecule has 1 fully saturated rings. The van der Waals surface area contributed by atoms with Crippen molar-refractivity contribution < 1.29 is 23.5 Å². The molecule has 1 amide bonds. The van der Waals surface area contributed by atoms with Crippen LogP contribution in [0.1, 0.15) is 36.7 Å². The van der Waals surface area contributed by atoms with Gasteiger partial charge in [0.15, 0.2) is 17.3 Å². The summed E-state index contributed by atoms with van der Waals surface area (Å²) in [5.74, 6) is 0.867. The molecular weight excluding hydrogens is 413 g/mol. The smallest absolute Gasteiger partial charge is 0.236 e. The van der Waals surface area contributed by atoms with Crippen LogP contribution in [0.2, 0.25) is 0 Å². The number of carbonyl (C=O) groups is 2. The summed E-state index contributed by atoms with van der Waals surface area (Å²) in [6, 6.07) is 10.3. The Bertz CT molecular complexity index is 1030. The molecule has 0 spiro atoms. The summed E-state index contributed by atoms with van der Waals surface area (Å²) in [7, 11) is 0. The molecule has 0 aliphatic carbocycles. The maximum atomic E-state index is 14.4. The first-order valence-corrected chi connectivity index (χ1v) is 10.7. The van der Waals surface area contributed by atoms with E-state index in [0.29, 0.717) is 43.2 Å². The molecule has 1 saturated heterocycles. The molecule has 2 aromatic carbocycles. The molecule has 4 rings (SSSR count). The lowest BCUT2D eigenvalue weighted by atomic mass is 9.94. The van der Waals surface area contributed by atoms with E-state index in [2.05, 4.69) is 5.32 Å². The van der Waals surface area contributed by atoms with Gasteiger partial charge in [0, 0.05) is 37.3 Å². The third kappa shape index (κ3) is 4.55. The Labute approximate surface area is 187 Å². The number of ketones is 1. The predicted molar refractivity (Wildman–Crippen MR) is 119 cm³/mol. The second-order valence-electron chi connectivity index (χ2n) is 8.64. The molecular formula is C24H28FN3O4. The number of amides is 1. The molecule has 7 nitrogen and oxygen atoms in total. The highest BCUT2D eigenvalue weighted by molar-refractivity contribution is 5.94. The summed E-state index contributed by atoms with van der Waals surface area (Å²) in [6.07, 6.45) is 0. The van der Waals surface area contributed by atoms with Gasteiger partial charge in [-0.1, -0.05) is 6.07 Å². The lowest BCUT2D eigenvalue weighted by molar-refractivity contribution is -0.130. The van der Waals surface area contributed by atoms with E-state index in [1.54, 1.807) is 17.0 Å². The number of nitrogens with zero attached hydrogens (tertiary/aromatic N) is 2. The monoisotopic (exact) mass is 441 g/mol. The molecule has 32 heavy (non-hydrogen) atoms. The number of nitrogens with one attached hydrogen (secondary N) is 1. The molecule has 0 aromatic heterocycles. The van der Waals surface area contributed by atoms with Crippen LogP contribution in [0.25, 0.3) is 0 Å². The quantitative estimate of drug-likeness (QED) is 0.695. The van der Waals surface area contributed by atoms with Crippen molar-refractivity contribution in [3.05, 3.63) is 53.3 Å². The van der Waals surface area contributed by atoms with Crippen molar-refractivity contribution in [2.24, 2.45) is 0 Å². The Morgan fingerprint density at radius 2 is 1.75 bits per heavy atom. The number of benzene rings is 2. The normalized spacial score (nSPS) is 15.8. The van der Waals surface area contributed by atoms with Gasteiger partial charge in [-0.25, -0.2) is 4.39 Å². The summed E-state index contributed by atoms with van der Waals surface area (Å²) >= 11 is 0. The summed E-state index contributed by atoms with van der Waals surface area (Å²) in [5, 5.41) is 3.34. The highest BCUT2D eigenvalue weighted by Crippen LogP contribution is 2.35. The number of piperazine rings is 1. The molecule has 0 radical (unpaired) electrons. The van der Waals surface area contributed by atoms with Crippen LogP contribution in [-0.2, 0) is 10.3 Å². The highest BCUT2D eigenvalue weighted by atomic mass is 19.1. The van der Waals surface area contributed by atoms with Gasteiger partial charge >= 0.3 is 0 Å². The second-order valence-corrected chi connectivity index (χ2v) is 8.64. The van der Waals surface area contributed by atoms with Crippen LogP contribution in [0, 0.1) is 5.82 Å². The van der Waals surface area contributed by atoms with Gasteiger partial charge in [0.05, 0.1) is 12.2 Å². The number of carbonyl (C=O) groups excluding carboxylic acids is 2. The van der Waals surface area contributed by atoms with Crippen molar-refractivity contribution in [2.75, 3.05) is 44.4 Å². The van der Waals surface area contributed by atoms with Gasteiger partial charge < -0.3 is 19.3 Å². The van der Waals surface area contributed by atoms with Crippen molar-refractivity contribution >= 4 is 17.4 Å². The van der Waals surface area contributed by atoms with E-state index in [0.717, 1.165) is 11.3 Å². The average molecular weight is 442 g/mol. The van der Waals surface area contributed by atoms with Crippen LogP contribution in [0.5, 0.6) is 11.5 Å². The minimum Gasteiger partial charge on any atom is -0.454 e. The molecule has 2 heterocycles. The number of fused-ring (bicyclic) bond motifs is 1. The van der Waals surface area contributed by atoms with Crippen molar-refractivity contribution in [3.63, 3.8) is 0 Å². The number of hydrogen-bond acceptors (Lipinski definition) is 6. The fourth-order valence-electron chi connectivity index (χ4n) is 3.97. The number of anilines is 1. The predicted octanol–water partition coefficient (Wildman–Crippen LogP) is 2.93. The zero-order valence-electron chi connectivity index (χ0n) is 18.6. The lowest BCUT2D eigenvalue weighted by Gasteiger charge is -2.37. The van der Waals surface area contributed by atoms with E-state index in [1.165, 1.54) is 13.0 Å². The summed E-state index contributed by atoms with van der Waals surface area (Å²) in [5.41, 5.74) is 1.39. The van der Waals surface area contributed by atoms with Crippen LogP contribution >= 0.6 is 0 Å². The summed E-state index contributed by atoms with van der Waals surface area (Å²) in [4.78, 5) is 27.9. The maximum Gasteiger partial charge on any atom is 0.236 e. The summed E-state index contributed by atoms with van der Waals surface area (Å²) < 4.78 is 25.3. The van der Waals surface area contributed by atoms with Gasteiger partial charge in [-0.05, 0) is 56.7 Å². The molecule has 2 aromatic rings. The Morgan fingerprint density at radius 1 is 1.03 bits per heavy atom. The Kier molecular flexibility index (Phi) is 6.06. The summed E-state index contributed by atoms with van der Waals surface area (Å²) in [6.45, 7) is 7.97. The minimum atomic E-state index is -0.431. The van der Waals surface area contributed by atoms with E-state index >= 15 is 0 Å². The van der Waals surface area contributed by atoms with Gasteiger partial charge in [-0.15, -0.1) is 0 Å². The molecule has 170 valence electrons. The zero-order valence-corrected chi connectivity index (χ0v) is 18.6. The SMILES string of the molecule is CC(=O)c1ccc(N2CCN(C(=O)CNC(C)(C)c3ccc4c(c3)OCO4)CC2)c(F)c1. The van der Waals surface area contributed by atoms with E-state index < -0.39 is 11.4 Å². The third-order valence-electron chi connectivity index (χ3n) is 6.10. The molecule has 2 aliphatic heterocycles. The van der Waals surface area contributed by atoms with Crippen LogP contribution in [0.4, 0.5) is 10.1 Å². The number of ether oxygens (including phenoxy) is 2. The average Bonchev–Trinajstić information content (AvgIpc) is 3.25. The third-order valence-corrected chi connectivity index (χ3v) is 6.10. The van der Waals surface area contributed by atoms with Crippen molar-refractivity contribution in [2.45, 2.75) is 26.3 Å². The van der Waals surface area contributed by atoms with Crippen molar-refractivity contribution in [1.82, 2.24) is 10.2 Å². The number of halogens is 1. The van der Waals surface area contributed by atoms with Crippen LogP contribution in [0.3, 0.4) is 0 Å². The lowest BCUT2D eigenvalue weighted by Crippen LogP contribution is -2.52. The van der Waals surface area contributed by atoms with Gasteiger partial charge in [0.2, 0.25) is 12.7 Å². The van der Waals surface area contributed by atoms with E-state index in [-0.39, 0.29) is 25.0 Å². The molecule has 0 saturated carbocycles. The number of rotatable bonds is 6. The van der Waals surface area contributed by atoms with Crippen LogP contribution in [0.15, 0.2) is 36.4 Å². The van der Waals surface area contributed by atoms with Crippen LogP contribution < -0.4 is 19.7 Å². The molecule has 8 heteroatoms.